The maximum Gasteiger partial charge on any atom is 0.433 e. The topological polar surface area (TPSA) is 109 Å². The summed E-state index contributed by atoms with van der Waals surface area (Å²) in [5.74, 6) is -2.10. The summed E-state index contributed by atoms with van der Waals surface area (Å²) in [5, 5.41) is 13.3. The average molecular weight is 438 g/mol. The zero-order valence-electron chi connectivity index (χ0n) is 16.9. The number of halogens is 1. The van der Waals surface area contributed by atoms with Gasteiger partial charge in [0.15, 0.2) is 5.76 Å². The van der Waals surface area contributed by atoms with Gasteiger partial charge in [-0.2, -0.15) is 0 Å². The molecule has 1 N–H and O–H groups in total. The predicted octanol–water partition coefficient (Wildman–Crippen LogP) is 3.54. The molecular weight excluding hydrogens is 419 g/mol. The second-order valence-corrected chi connectivity index (χ2v) is 7.16. The maximum absolute atomic E-state index is 13.9. The number of nitrogens with one attached hydrogen (secondary N) is 1. The molecule has 2 aromatic carbocycles. The Kier molecular flexibility index (Phi) is 5.84. The molecule has 3 aromatic rings. The highest BCUT2D eigenvalue weighted by Gasteiger charge is 2.24. The number of amides is 2. The number of nitro groups is 1. The van der Waals surface area contributed by atoms with Crippen LogP contribution in [0.2, 0.25) is 0 Å². The van der Waals surface area contributed by atoms with E-state index < -0.39 is 22.5 Å². The van der Waals surface area contributed by atoms with Crippen LogP contribution in [0.25, 0.3) is 0 Å². The first-order valence-electron chi connectivity index (χ1n) is 9.87. The number of anilines is 2. The molecule has 2 amide bonds. The largest absolute Gasteiger partial charge is 0.433 e. The third-order valence-electron chi connectivity index (χ3n) is 5.16. The average Bonchev–Trinajstić information content (AvgIpc) is 3.31. The number of carbonyl (C=O) groups is 2. The zero-order valence-corrected chi connectivity index (χ0v) is 16.9. The minimum Gasteiger partial charge on any atom is -0.395 e. The zero-order chi connectivity index (χ0) is 22.7. The standard InChI is InChI=1S/C22H19FN4O5/c23-18-4-2-1-3-17(18)22(29)26-13-11-25(12-14-26)16-7-5-15(6-8-16)24-21(28)19-9-10-20(32-19)27(30)31/h1-10H,11-14H2,(H,24,28). The van der Waals surface area contributed by atoms with Gasteiger partial charge in [-0.25, -0.2) is 4.39 Å². The smallest absolute Gasteiger partial charge is 0.395 e. The van der Waals surface area contributed by atoms with Gasteiger partial charge in [-0.05, 0) is 42.5 Å². The fourth-order valence-electron chi connectivity index (χ4n) is 3.47. The number of nitrogens with zero attached hydrogens (tertiary/aromatic N) is 3. The third kappa shape index (κ3) is 4.43. The van der Waals surface area contributed by atoms with Crippen LogP contribution in [0, 0.1) is 15.9 Å². The summed E-state index contributed by atoms with van der Waals surface area (Å²) in [5.41, 5.74) is 1.49. The molecule has 1 saturated heterocycles. The predicted molar refractivity (Wildman–Crippen MR) is 114 cm³/mol. The van der Waals surface area contributed by atoms with Crippen molar-refractivity contribution in [2.45, 2.75) is 0 Å². The Morgan fingerprint density at radius 3 is 2.28 bits per heavy atom. The lowest BCUT2D eigenvalue weighted by Gasteiger charge is -2.36. The van der Waals surface area contributed by atoms with Gasteiger partial charge in [0.2, 0.25) is 0 Å². The molecule has 0 saturated carbocycles. The van der Waals surface area contributed by atoms with Gasteiger partial charge in [-0.1, -0.05) is 12.1 Å². The number of hydrogen-bond donors (Lipinski definition) is 1. The molecule has 0 radical (unpaired) electrons. The van der Waals surface area contributed by atoms with E-state index in [1.807, 2.05) is 12.1 Å². The maximum atomic E-state index is 13.9. The second-order valence-electron chi connectivity index (χ2n) is 7.16. The van der Waals surface area contributed by atoms with Crippen molar-refractivity contribution in [1.29, 1.82) is 0 Å². The van der Waals surface area contributed by atoms with E-state index in [-0.39, 0.29) is 17.2 Å². The Balaban J connectivity index is 1.34. The number of carbonyl (C=O) groups excluding carboxylic acids is 2. The van der Waals surface area contributed by atoms with Crippen molar-refractivity contribution in [2.75, 3.05) is 36.4 Å². The van der Waals surface area contributed by atoms with Crippen molar-refractivity contribution < 1.29 is 23.3 Å². The molecule has 2 heterocycles. The highest BCUT2D eigenvalue weighted by atomic mass is 19.1. The van der Waals surface area contributed by atoms with Gasteiger partial charge in [-0.15, -0.1) is 0 Å². The van der Waals surface area contributed by atoms with Crippen molar-refractivity contribution in [3.63, 3.8) is 0 Å². The Morgan fingerprint density at radius 2 is 1.66 bits per heavy atom. The van der Waals surface area contributed by atoms with Crippen LogP contribution in [-0.4, -0.2) is 47.8 Å². The van der Waals surface area contributed by atoms with Crippen LogP contribution in [0.3, 0.4) is 0 Å². The summed E-state index contributed by atoms with van der Waals surface area (Å²) in [7, 11) is 0. The molecule has 1 fully saturated rings. The van der Waals surface area contributed by atoms with Gasteiger partial charge in [0, 0.05) is 37.6 Å². The quantitative estimate of drug-likeness (QED) is 0.482. The third-order valence-corrected chi connectivity index (χ3v) is 5.16. The van der Waals surface area contributed by atoms with Gasteiger partial charge < -0.3 is 19.5 Å². The first-order valence-corrected chi connectivity index (χ1v) is 9.87. The number of furan rings is 1. The second kappa shape index (κ2) is 8.88. The van der Waals surface area contributed by atoms with E-state index in [2.05, 4.69) is 10.2 Å². The van der Waals surface area contributed by atoms with Crippen LogP contribution in [0.1, 0.15) is 20.9 Å². The minimum atomic E-state index is -0.713. The summed E-state index contributed by atoms with van der Waals surface area (Å²) in [6.45, 7) is 2.09. The molecule has 4 rings (SSSR count). The normalized spacial score (nSPS) is 13.7. The number of hydrogen-bond acceptors (Lipinski definition) is 6. The van der Waals surface area contributed by atoms with Gasteiger partial charge in [0.25, 0.3) is 11.8 Å². The van der Waals surface area contributed by atoms with Gasteiger partial charge in [0.05, 0.1) is 11.6 Å². The molecule has 10 heteroatoms. The van der Waals surface area contributed by atoms with E-state index in [0.29, 0.717) is 31.9 Å². The van der Waals surface area contributed by atoms with Crippen molar-refractivity contribution in [2.24, 2.45) is 0 Å². The number of benzene rings is 2. The van der Waals surface area contributed by atoms with Crippen molar-refractivity contribution in [3.8, 4) is 0 Å². The number of piperazine rings is 1. The fraction of sp³-hybridized carbons (Fsp3) is 0.182. The van der Waals surface area contributed by atoms with E-state index in [4.69, 9.17) is 4.42 Å². The SMILES string of the molecule is O=C(Nc1ccc(N2CCN(C(=O)c3ccccc3F)CC2)cc1)c1ccc([N+](=O)[O-])o1. The molecule has 0 bridgehead atoms. The van der Waals surface area contributed by atoms with Crippen LogP contribution in [0.4, 0.5) is 21.6 Å². The molecule has 0 atom stereocenters. The van der Waals surface area contributed by atoms with Crippen LogP contribution in [-0.2, 0) is 0 Å². The van der Waals surface area contributed by atoms with Crippen LogP contribution in [0.15, 0.2) is 65.1 Å². The van der Waals surface area contributed by atoms with Gasteiger partial charge >= 0.3 is 5.88 Å². The lowest BCUT2D eigenvalue weighted by Crippen LogP contribution is -2.49. The number of rotatable bonds is 5. The molecule has 1 aromatic heterocycles. The van der Waals surface area contributed by atoms with E-state index in [0.717, 1.165) is 11.8 Å². The summed E-state index contributed by atoms with van der Waals surface area (Å²) in [6.07, 6.45) is 0. The van der Waals surface area contributed by atoms with Gasteiger partial charge in [-0.3, -0.25) is 19.7 Å². The Hall–Kier alpha value is -4.21. The highest BCUT2D eigenvalue weighted by molar-refractivity contribution is 6.02. The molecule has 164 valence electrons. The molecule has 0 unspecified atom stereocenters. The molecule has 32 heavy (non-hydrogen) atoms. The first kappa shape index (κ1) is 21.0. The van der Waals surface area contributed by atoms with E-state index >= 15 is 0 Å². The lowest BCUT2D eigenvalue weighted by atomic mass is 10.1. The molecule has 1 aliphatic heterocycles. The minimum absolute atomic E-state index is 0.0722. The molecule has 0 spiro atoms. The van der Waals surface area contributed by atoms with Gasteiger partial charge in [0.1, 0.15) is 10.7 Å². The first-order chi connectivity index (χ1) is 15.4. The monoisotopic (exact) mass is 438 g/mol. The van der Waals surface area contributed by atoms with Crippen molar-refractivity contribution in [1.82, 2.24) is 4.90 Å². The van der Waals surface area contributed by atoms with Crippen LogP contribution >= 0.6 is 0 Å². The van der Waals surface area contributed by atoms with Crippen molar-refractivity contribution >= 4 is 29.1 Å². The summed E-state index contributed by atoms with van der Waals surface area (Å²) in [4.78, 5) is 38.4. The molecule has 0 aliphatic carbocycles. The lowest BCUT2D eigenvalue weighted by molar-refractivity contribution is -0.402. The Labute approximate surface area is 182 Å². The van der Waals surface area contributed by atoms with E-state index in [9.17, 15) is 24.1 Å². The van der Waals surface area contributed by atoms with Crippen LogP contribution in [0.5, 0.6) is 0 Å². The van der Waals surface area contributed by atoms with Crippen LogP contribution < -0.4 is 10.2 Å². The fourth-order valence-corrected chi connectivity index (χ4v) is 3.47. The summed E-state index contributed by atoms with van der Waals surface area (Å²) in [6, 6.07) is 15.4. The highest BCUT2D eigenvalue weighted by Crippen LogP contribution is 2.22. The summed E-state index contributed by atoms with van der Waals surface area (Å²) < 4.78 is 18.8. The van der Waals surface area contributed by atoms with Crippen molar-refractivity contribution in [3.05, 3.63) is 87.9 Å². The summed E-state index contributed by atoms with van der Waals surface area (Å²) >= 11 is 0. The van der Waals surface area contributed by atoms with E-state index in [1.54, 1.807) is 29.2 Å². The Morgan fingerprint density at radius 1 is 0.969 bits per heavy atom. The molecule has 9 nitrogen and oxygen atoms in total. The Bertz CT molecular complexity index is 1150. The van der Waals surface area contributed by atoms with E-state index in [1.165, 1.54) is 18.2 Å². The molecule has 1 aliphatic rings. The molecular formula is C22H19FN4O5.